The van der Waals surface area contributed by atoms with E-state index in [0.717, 1.165) is 10.9 Å². The lowest BCUT2D eigenvalue weighted by atomic mass is 9.90. The number of aromatic nitrogens is 1. The molecule has 0 aliphatic carbocycles. The molecule has 2 atom stereocenters. The van der Waals surface area contributed by atoms with E-state index in [0.29, 0.717) is 18.7 Å². The Bertz CT molecular complexity index is 659. The van der Waals surface area contributed by atoms with E-state index in [-0.39, 0.29) is 18.4 Å². The Labute approximate surface area is 122 Å². The number of para-hydroxylation sites is 1. The van der Waals surface area contributed by atoms with Crippen molar-refractivity contribution in [3.8, 4) is 0 Å². The summed E-state index contributed by atoms with van der Waals surface area (Å²) in [4.78, 5) is 28.5. The molecule has 1 amide bonds. The van der Waals surface area contributed by atoms with Crippen LogP contribution in [0.25, 0.3) is 10.9 Å². The van der Waals surface area contributed by atoms with Gasteiger partial charge in [0.05, 0.1) is 5.92 Å². The van der Waals surface area contributed by atoms with Crippen LogP contribution < -0.4 is 0 Å². The average Bonchev–Trinajstić information content (AvgIpc) is 2.89. The molecule has 1 aliphatic rings. The highest BCUT2D eigenvalue weighted by atomic mass is 16.4. The maximum Gasteiger partial charge on any atom is 0.308 e. The molecule has 0 radical (unpaired) electrons. The lowest BCUT2D eigenvalue weighted by Gasteiger charge is -2.34. The molecule has 110 valence electrons. The van der Waals surface area contributed by atoms with Crippen molar-refractivity contribution < 1.29 is 14.7 Å². The van der Waals surface area contributed by atoms with Crippen LogP contribution in [-0.4, -0.2) is 40.0 Å². The number of nitrogens with one attached hydrogen (secondary N) is 1. The number of carboxylic acids is 1. The number of H-pyrrole nitrogens is 1. The van der Waals surface area contributed by atoms with Crippen LogP contribution in [0.1, 0.15) is 23.8 Å². The molecule has 2 heterocycles. The molecule has 0 bridgehead atoms. The van der Waals surface area contributed by atoms with Crippen molar-refractivity contribution in [2.75, 3.05) is 13.1 Å². The van der Waals surface area contributed by atoms with Crippen molar-refractivity contribution in [2.24, 2.45) is 11.8 Å². The van der Waals surface area contributed by atoms with Crippen LogP contribution in [0.3, 0.4) is 0 Å². The Morgan fingerprint density at radius 1 is 1.29 bits per heavy atom. The molecule has 1 aromatic heterocycles. The number of rotatable bonds is 2. The van der Waals surface area contributed by atoms with Crippen molar-refractivity contribution in [1.29, 1.82) is 0 Å². The van der Waals surface area contributed by atoms with Gasteiger partial charge in [-0.15, -0.1) is 0 Å². The van der Waals surface area contributed by atoms with Gasteiger partial charge in [-0.05, 0) is 24.5 Å². The zero-order chi connectivity index (χ0) is 15.0. The standard InChI is InChI=1S/C16H18N2O3/c1-10-6-12(16(20)21)9-18(8-10)15(19)14-7-11-4-2-3-5-13(11)17-14/h2-5,7,10,12,17H,6,8-9H2,1H3,(H,20,21). The molecule has 3 rings (SSSR count). The minimum absolute atomic E-state index is 0.121. The van der Waals surface area contributed by atoms with Gasteiger partial charge in [0, 0.05) is 24.0 Å². The average molecular weight is 286 g/mol. The van der Waals surface area contributed by atoms with E-state index < -0.39 is 11.9 Å². The van der Waals surface area contributed by atoms with E-state index in [9.17, 15) is 14.7 Å². The fraction of sp³-hybridized carbons (Fsp3) is 0.375. The van der Waals surface area contributed by atoms with Crippen LogP contribution in [0.15, 0.2) is 30.3 Å². The second kappa shape index (κ2) is 5.24. The van der Waals surface area contributed by atoms with Gasteiger partial charge in [-0.25, -0.2) is 0 Å². The largest absolute Gasteiger partial charge is 0.481 e. The first kappa shape index (κ1) is 13.7. The minimum atomic E-state index is -0.823. The van der Waals surface area contributed by atoms with E-state index >= 15 is 0 Å². The first-order chi connectivity index (χ1) is 10.0. The molecule has 1 saturated heterocycles. The number of carbonyl (C=O) groups is 2. The first-order valence-corrected chi connectivity index (χ1v) is 7.14. The molecule has 0 saturated carbocycles. The Balaban J connectivity index is 1.85. The molecule has 21 heavy (non-hydrogen) atoms. The number of benzene rings is 1. The summed E-state index contributed by atoms with van der Waals surface area (Å²) in [5.41, 5.74) is 1.44. The van der Waals surface area contributed by atoms with Gasteiger partial charge in [0.15, 0.2) is 0 Å². The van der Waals surface area contributed by atoms with Gasteiger partial charge in [-0.2, -0.15) is 0 Å². The Hall–Kier alpha value is -2.30. The fourth-order valence-electron chi connectivity index (χ4n) is 3.06. The Kier molecular flexibility index (Phi) is 3.41. The zero-order valence-electron chi connectivity index (χ0n) is 11.9. The highest BCUT2D eigenvalue weighted by Crippen LogP contribution is 2.24. The van der Waals surface area contributed by atoms with E-state index in [4.69, 9.17) is 0 Å². The van der Waals surface area contributed by atoms with Crippen LogP contribution >= 0.6 is 0 Å². The summed E-state index contributed by atoms with van der Waals surface area (Å²) < 4.78 is 0. The number of carboxylic acid groups (broad SMARTS) is 1. The molecule has 1 aliphatic heterocycles. The number of hydrogen-bond acceptors (Lipinski definition) is 2. The zero-order valence-corrected chi connectivity index (χ0v) is 11.9. The van der Waals surface area contributed by atoms with Crippen LogP contribution in [0.5, 0.6) is 0 Å². The number of carbonyl (C=O) groups excluding carboxylic acids is 1. The van der Waals surface area contributed by atoms with E-state index in [2.05, 4.69) is 4.98 Å². The van der Waals surface area contributed by atoms with Gasteiger partial charge < -0.3 is 15.0 Å². The number of aromatic amines is 1. The smallest absolute Gasteiger partial charge is 0.308 e. The van der Waals surface area contributed by atoms with E-state index in [1.807, 2.05) is 37.3 Å². The highest BCUT2D eigenvalue weighted by molar-refractivity contribution is 5.98. The number of likely N-dealkylation sites (tertiary alicyclic amines) is 1. The quantitative estimate of drug-likeness (QED) is 0.890. The number of nitrogens with zero attached hydrogens (tertiary/aromatic N) is 1. The van der Waals surface area contributed by atoms with Crippen molar-refractivity contribution in [3.63, 3.8) is 0 Å². The summed E-state index contributed by atoms with van der Waals surface area (Å²) in [5.74, 6) is -1.21. The highest BCUT2D eigenvalue weighted by Gasteiger charge is 2.32. The lowest BCUT2D eigenvalue weighted by molar-refractivity contribution is -0.143. The third kappa shape index (κ3) is 2.63. The van der Waals surface area contributed by atoms with E-state index in [1.165, 1.54) is 0 Å². The van der Waals surface area contributed by atoms with Gasteiger partial charge >= 0.3 is 5.97 Å². The molecule has 2 aromatic rings. The molecular formula is C16H18N2O3. The third-order valence-corrected chi connectivity index (χ3v) is 4.06. The lowest BCUT2D eigenvalue weighted by Crippen LogP contribution is -2.45. The topological polar surface area (TPSA) is 73.4 Å². The predicted octanol–water partition coefficient (Wildman–Crippen LogP) is 2.35. The molecule has 5 nitrogen and oxygen atoms in total. The summed E-state index contributed by atoms with van der Waals surface area (Å²) in [6, 6.07) is 9.53. The van der Waals surface area contributed by atoms with Crippen molar-refractivity contribution in [3.05, 3.63) is 36.0 Å². The Morgan fingerprint density at radius 3 is 2.76 bits per heavy atom. The monoisotopic (exact) mass is 286 g/mol. The Morgan fingerprint density at radius 2 is 2.05 bits per heavy atom. The van der Waals surface area contributed by atoms with Crippen LogP contribution in [0, 0.1) is 11.8 Å². The molecule has 2 unspecified atom stereocenters. The van der Waals surface area contributed by atoms with Crippen molar-refractivity contribution in [1.82, 2.24) is 9.88 Å². The maximum atomic E-state index is 12.6. The molecule has 2 N–H and O–H groups in total. The van der Waals surface area contributed by atoms with Crippen molar-refractivity contribution in [2.45, 2.75) is 13.3 Å². The number of hydrogen-bond donors (Lipinski definition) is 2. The second-order valence-electron chi connectivity index (χ2n) is 5.86. The molecule has 5 heteroatoms. The normalized spacial score (nSPS) is 22.4. The molecule has 1 fully saturated rings. The summed E-state index contributed by atoms with van der Waals surface area (Å²) in [7, 11) is 0. The maximum absolute atomic E-state index is 12.6. The first-order valence-electron chi connectivity index (χ1n) is 7.14. The van der Waals surface area contributed by atoms with Gasteiger partial charge in [0.1, 0.15) is 5.69 Å². The number of fused-ring (bicyclic) bond motifs is 1. The summed E-state index contributed by atoms with van der Waals surface area (Å²) in [5, 5.41) is 10.2. The van der Waals surface area contributed by atoms with Crippen LogP contribution in [0.2, 0.25) is 0 Å². The van der Waals surface area contributed by atoms with Gasteiger partial charge in [0.2, 0.25) is 0 Å². The van der Waals surface area contributed by atoms with Crippen molar-refractivity contribution >= 4 is 22.8 Å². The minimum Gasteiger partial charge on any atom is -0.481 e. The molecular weight excluding hydrogens is 268 g/mol. The summed E-state index contributed by atoms with van der Waals surface area (Å²) in [6.07, 6.45) is 0.631. The van der Waals surface area contributed by atoms with Crippen LogP contribution in [0.4, 0.5) is 0 Å². The number of aliphatic carboxylic acids is 1. The van der Waals surface area contributed by atoms with Gasteiger partial charge in [0.25, 0.3) is 5.91 Å². The van der Waals surface area contributed by atoms with Gasteiger partial charge in [-0.1, -0.05) is 25.1 Å². The molecule has 1 aromatic carbocycles. The third-order valence-electron chi connectivity index (χ3n) is 4.06. The summed E-state index contributed by atoms with van der Waals surface area (Å²) >= 11 is 0. The SMILES string of the molecule is CC1CC(C(=O)O)CN(C(=O)c2cc3ccccc3[nH]2)C1. The van der Waals surface area contributed by atoms with E-state index in [1.54, 1.807) is 4.90 Å². The number of amides is 1. The molecule has 0 spiro atoms. The summed E-state index contributed by atoms with van der Waals surface area (Å²) in [6.45, 7) is 2.88. The van der Waals surface area contributed by atoms with Gasteiger partial charge in [-0.3, -0.25) is 9.59 Å². The fourth-order valence-corrected chi connectivity index (χ4v) is 3.06. The number of piperidine rings is 1. The predicted molar refractivity (Wildman–Crippen MR) is 79.1 cm³/mol. The van der Waals surface area contributed by atoms with Crippen LogP contribution in [-0.2, 0) is 4.79 Å². The second-order valence-corrected chi connectivity index (χ2v) is 5.86.